The van der Waals surface area contributed by atoms with E-state index in [9.17, 15) is 13.2 Å². The maximum atomic E-state index is 13.2. The van der Waals surface area contributed by atoms with Crippen LogP contribution in [0, 0.1) is 6.92 Å². The Balaban J connectivity index is 1.85. The van der Waals surface area contributed by atoms with Crippen LogP contribution in [0.4, 0.5) is 5.69 Å². The van der Waals surface area contributed by atoms with Gasteiger partial charge in [0.2, 0.25) is 15.9 Å². The number of anilines is 1. The van der Waals surface area contributed by atoms with Gasteiger partial charge in [0.15, 0.2) is 0 Å². The first-order chi connectivity index (χ1) is 13.9. The number of methoxy groups -OCH3 is 1. The van der Waals surface area contributed by atoms with Crippen molar-refractivity contribution < 1.29 is 22.4 Å². The van der Waals surface area contributed by atoms with Crippen LogP contribution in [0.25, 0.3) is 0 Å². The number of ether oxygens (including phenoxy) is 1. The fraction of sp³-hybridized carbons (Fsp3) is 0.190. The molecule has 1 amide bonds. The van der Waals surface area contributed by atoms with E-state index in [1.54, 1.807) is 36.4 Å². The Bertz CT molecular complexity index is 1060. The van der Waals surface area contributed by atoms with E-state index in [2.05, 4.69) is 5.32 Å². The number of benzene rings is 2. The third kappa shape index (κ3) is 5.04. The van der Waals surface area contributed by atoms with Gasteiger partial charge in [0.1, 0.15) is 11.5 Å². The van der Waals surface area contributed by atoms with Gasteiger partial charge in [0.25, 0.3) is 0 Å². The van der Waals surface area contributed by atoms with Crippen LogP contribution in [0.3, 0.4) is 0 Å². The zero-order chi connectivity index (χ0) is 20.9. The lowest BCUT2D eigenvalue weighted by Gasteiger charge is -2.21. The first-order valence-electron chi connectivity index (χ1n) is 8.92. The lowest BCUT2D eigenvalue weighted by atomic mass is 10.2. The van der Waals surface area contributed by atoms with E-state index in [-0.39, 0.29) is 18.0 Å². The molecule has 1 N–H and O–H groups in total. The molecule has 0 aliphatic carbocycles. The third-order valence-electron chi connectivity index (χ3n) is 4.35. The van der Waals surface area contributed by atoms with Crippen molar-refractivity contribution in [2.24, 2.45) is 0 Å². The Kier molecular flexibility index (Phi) is 6.36. The minimum atomic E-state index is -3.94. The molecular formula is C21H22N2O5S. The molecule has 0 aliphatic rings. The second-order valence-electron chi connectivity index (χ2n) is 6.39. The number of nitrogens with zero attached hydrogens (tertiary/aromatic N) is 1. The van der Waals surface area contributed by atoms with Gasteiger partial charge < -0.3 is 14.5 Å². The van der Waals surface area contributed by atoms with Crippen LogP contribution >= 0.6 is 0 Å². The monoisotopic (exact) mass is 414 g/mol. The predicted molar refractivity (Wildman–Crippen MR) is 109 cm³/mol. The van der Waals surface area contributed by atoms with Crippen LogP contribution in [0.1, 0.15) is 11.3 Å². The number of hydrogen-bond acceptors (Lipinski definition) is 5. The van der Waals surface area contributed by atoms with Gasteiger partial charge >= 0.3 is 0 Å². The molecule has 1 aromatic heterocycles. The third-order valence-corrected chi connectivity index (χ3v) is 6.15. The Hall–Kier alpha value is -3.10. The summed E-state index contributed by atoms with van der Waals surface area (Å²) >= 11 is 0. The van der Waals surface area contributed by atoms with E-state index in [1.165, 1.54) is 25.5 Å². The number of furan rings is 1. The van der Waals surface area contributed by atoms with Gasteiger partial charge in [-0.2, -0.15) is 4.31 Å². The summed E-state index contributed by atoms with van der Waals surface area (Å²) in [5.74, 6) is 0.535. The molecule has 0 saturated carbocycles. The minimum absolute atomic E-state index is 0.0635. The number of amides is 1. The molecule has 0 radical (unpaired) electrons. The van der Waals surface area contributed by atoms with Crippen molar-refractivity contribution in [3.63, 3.8) is 0 Å². The summed E-state index contributed by atoms with van der Waals surface area (Å²) in [6, 6.07) is 16.6. The molecule has 0 fully saturated rings. The highest BCUT2D eigenvalue weighted by Gasteiger charge is 2.28. The Morgan fingerprint density at radius 3 is 2.41 bits per heavy atom. The van der Waals surface area contributed by atoms with Gasteiger partial charge in [0, 0.05) is 5.69 Å². The van der Waals surface area contributed by atoms with Crippen LogP contribution in [-0.2, 0) is 21.4 Å². The van der Waals surface area contributed by atoms with Crippen LogP contribution in [-0.4, -0.2) is 32.3 Å². The number of rotatable bonds is 8. The topological polar surface area (TPSA) is 88.9 Å². The summed E-state index contributed by atoms with van der Waals surface area (Å²) < 4.78 is 37.8. The number of hydrogen-bond donors (Lipinski definition) is 1. The molecule has 8 heteroatoms. The molecule has 152 valence electrons. The Labute approximate surface area is 170 Å². The van der Waals surface area contributed by atoms with Gasteiger partial charge in [-0.1, -0.05) is 18.2 Å². The Morgan fingerprint density at radius 1 is 1.07 bits per heavy atom. The van der Waals surface area contributed by atoms with Gasteiger partial charge in [-0.15, -0.1) is 0 Å². The zero-order valence-electron chi connectivity index (χ0n) is 16.2. The van der Waals surface area contributed by atoms with Crippen molar-refractivity contribution in [1.82, 2.24) is 4.31 Å². The zero-order valence-corrected chi connectivity index (χ0v) is 17.0. The van der Waals surface area contributed by atoms with Gasteiger partial charge in [-0.3, -0.25) is 4.79 Å². The molecule has 0 bridgehead atoms. The van der Waals surface area contributed by atoms with Crippen LogP contribution in [0.5, 0.6) is 5.75 Å². The minimum Gasteiger partial charge on any atom is -0.497 e. The highest BCUT2D eigenvalue weighted by atomic mass is 32.2. The van der Waals surface area contributed by atoms with Crippen molar-refractivity contribution in [1.29, 1.82) is 0 Å². The number of nitrogens with one attached hydrogen (secondary N) is 1. The second kappa shape index (κ2) is 8.93. The molecule has 0 spiro atoms. The molecule has 0 unspecified atom stereocenters. The van der Waals surface area contributed by atoms with Crippen molar-refractivity contribution in [2.75, 3.05) is 19.0 Å². The van der Waals surface area contributed by atoms with Crippen molar-refractivity contribution in [2.45, 2.75) is 18.4 Å². The highest BCUT2D eigenvalue weighted by molar-refractivity contribution is 7.89. The normalized spacial score (nSPS) is 11.4. The predicted octanol–water partition coefficient (Wildman–Crippen LogP) is 3.43. The van der Waals surface area contributed by atoms with E-state index in [1.807, 2.05) is 19.1 Å². The summed E-state index contributed by atoms with van der Waals surface area (Å²) in [7, 11) is -2.44. The summed E-state index contributed by atoms with van der Waals surface area (Å²) in [5, 5.41) is 2.77. The maximum absolute atomic E-state index is 13.2. The van der Waals surface area contributed by atoms with Crippen LogP contribution < -0.4 is 10.1 Å². The maximum Gasteiger partial charge on any atom is 0.243 e. The van der Waals surface area contributed by atoms with E-state index >= 15 is 0 Å². The van der Waals surface area contributed by atoms with E-state index < -0.39 is 15.9 Å². The van der Waals surface area contributed by atoms with Crippen molar-refractivity contribution in [3.8, 4) is 5.75 Å². The molecule has 29 heavy (non-hydrogen) atoms. The molecule has 0 atom stereocenters. The van der Waals surface area contributed by atoms with Gasteiger partial charge in [-0.25, -0.2) is 8.42 Å². The standard InChI is InChI=1S/C21H22N2O5S/c1-16-6-3-4-8-20(16)22-21(24)15-23(14-18-7-5-13-28-18)29(25,26)19-11-9-17(27-2)10-12-19/h3-13H,14-15H2,1-2H3,(H,22,24). The summed E-state index contributed by atoms with van der Waals surface area (Å²) in [5.41, 5.74) is 1.52. The van der Waals surface area contributed by atoms with Crippen molar-refractivity contribution in [3.05, 3.63) is 78.3 Å². The first kappa shape index (κ1) is 20.6. The average Bonchev–Trinajstić information content (AvgIpc) is 3.22. The smallest absolute Gasteiger partial charge is 0.243 e. The number of carbonyl (C=O) groups is 1. The summed E-state index contributed by atoms with van der Waals surface area (Å²) in [4.78, 5) is 12.7. The first-order valence-corrected chi connectivity index (χ1v) is 10.4. The van der Waals surface area contributed by atoms with Gasteiger partial charge in [-0.05, 0) is 55.0 Å². The van der Waals surface area contributed by atoms with Gasteiger partial charge in [0.05, 0.1) is 31.4 Å². The van der Waals surface area contributed by atoms with Crippen LogP contribution in [0.2, 0.25) is 0 Å². The Morgan fingerprint density at radius 2 is 1.79 bits per heavy atom. The summed E-state index contributed by atoms with van der Waals surface area (Å²) in [6.45, 7) is 1.44. The highest BCUT2D eigenvalue weighted by Crippen LogP contribution is 2.22. The summed E-state index contributed by atoms with van der Waals surface area (Å²) in [6.07, 6.45) is 1.46. The number of carbonyl (C=O) groups excluding carboxylic acids is 1. The molecule has 0 aliphatic heterocycles. The second-order valence-corrected chi connectivity index (χ2v) is 8.33. The van der Waals surface area contributed by atoms with Crippen molar-refractivity contribution >= 4 is 21.6 Å². The lowest BCUT2D eigenvalue weighted by Crippen LogP contribution is -2.37. The fourth-order valence-corrected chi connectivity index (χ4v) is 4.12. The van der Waals surface area contributed by atoms with Crippen LogP contribution in [0.15, 0.2) is 76.2 Å². The molecule has 0 saturated heterocycles. The average molecular weight is 414 g/mol. The molecule has 7 nitrogen and oxygen atoms in total. The lowest BCUT2D eigenvalue weighted by molar-refractivity contribution is -0.116. The van der Waals surface area contributed by atoms with E-state index in [0.29, 0.717) is 17.2 Å². The molecule has 3 aromatic rings. The van der Waals surface area contributed by atoms with E-state index in [4.69, 9.17) is 9.15 Å². The molecular weight excluding hydrogens is 392 g/mol. The molecule has 3 rings (SSSR count). The quantitative estimate of drug-likeness (QED) is 0.610. The SMILES string of the molecule is COc1ccc(S(=O)(=O)N(CC(=O)Nc2ccccc2C)Cc2ccco2)cc1. The van der Waals surface area contributed by atoms with E-state index in [0.717, 1.165) is 9.87 Å². The fourth-order valence-electron chi connectivity index (χ4n) is 2.76. The number of aryl methyl sites for hydroxylation is 1. The number of sulfonamides is 1. The molecule has 1 heterocycles. The largest absolute Gasteiger partial charge is 0.497 e. The number of para-hydroxylation sites is 1. The molecule has 2 aromatic carbocycles.